The lowest BCUT2D eigenvalue weighted by Gasteiger charge is -2.21. The lowest BCUT2D eigenvalue weighted by molar-refractivity contribution is -0.137. The van der Waals surface area contributed by atoms with Gasteiger partial charge in [-0.15, -0.1) is 0 Å². The number of aryl methyl sites for hydroxylation is 3. The van der Waals surface area contributed by atoms with Crippen LogP contribution in [0.5, 0.6) is 5.75 Å². The molecular formula is C24H27NO6S. The molecule has 3 aromatic rings. The van der Waals surface area contributed by atoms with Crippen LogP contribution in [0.1, 0.15) is 36.1 Å². The van der Waals surface area contributed by atoms with Crippen molar-refractivity contribution in [3.05, 3.63) is 69.1 Å². The van der Waals surface area contributed by atoms with Crippen LogP contribution in [0.3, 0.4) is 0 Å². The van der Waals surface area contributed by atoms with Crippen LogP contribution >= 0.6 is 0 Å². The summed E-state index contributed by atoms with van der Waals surface area (Å²) in [5, 5.41) is 0.750. The largest absolute Gasteiger partial charge is 0.425 e. The molecule has 0 bridgehead atoms. The Morgan fingerprint density at radius 2 is 1.56 bits per heavy atom. The number of benzene rings is 2. The monoisotopic (exact) mass is 457 g/mol. The van der Waals surface area contributed by atoms with Crippen LogP contribution in [0.15, 0.2) is 50.5 Å². The van der Waals surface area contributed by atoms with Crippen LogP contribution < -0.4 is 15.1 Å². The zero-order valence-corrected chi connectivity index (χ0v) is 19.8. The summed E-state index contributed by atoms with van der Waals surface area (Å²) in [5.41, 5.74) is 2.61. The summed E-state index contributed by atoms with van der Waals surface area (Å²) in [6, 6.07) is 8.58. The quantitative estimate of drug-likeness (QED) is 0.342. The van der Waals surface area contributed by atoms with Gasteiger partial charge in [0, 0.05) is 16.5 Å². The van der Waals surface area contributed by atoms with E-state index in [2.05, 4.69) is 4.72 Å². The van der Waals surface area contributed by atoms with E-state index < -0.39 is 27.7 Å². The van der Waals surface area contributed by atoms with Gasteiger partial charge in [0.25, 0.3) is 0 Å². The van der Waals surface area contributed by atoms with Crippen molar-refractivity contribution in [1.29, 1.82) is 0 Å². The average Bonchev–Trinajstić information content (AvgIpc) is 2.73. The number of carbonyl (C=O) groups excluding carboxylic acids is 1. The van der Waals surface area contributed by atoms with E-state index in [9.17, 15) is 18.0 Å². The minimum atomic E-state index is -3.93. The molecule has 32 heavy (non-hydrogen) atoms. The first-order valence-corrected chi connectivity index (χ1v) is 11.7. The number of ether oxygens (including phenoxy) is 1. The molecule has 0 fully saturated rings. The smallest absolute Gasteiger partial charge is 0.339 e. The highest BCUT2D eigenvalue weighted by atomic mass is 32.2. The van der Waals surface area contributed by atoms with Crippen molar-refractivity contribution < 1.29 is 22.4 Å². The normalized spacial score (nSPS) is 12.8. The SMILES string of the molecule is Cc1ccc(S(=O)(=O)N[C@@H](C(=O)Oc2ccc3c(C)c(C)c(=O)oc3c2C)C(C)C)cc1. The molecule has 0 unspecified atom stereocenters. The summed E-state index contributed by atoms with van der Waals surface area (Å²) >= 11 is 0. The molecule has 0 saturated heterocycles. The molecule has 2 aromatic carbocycles. The second-order valence-corrected chi connectivity index (χ2v) is 10.00. The van der Waals surface area contributed by atoms with Crippen molar-refractivity contribution in [2.24, 2.45) is 5.92 Å². The van der Waals surface area contributed by atoms with Gasteiger partial charge in [-0.05, 0) is 63.4 Å². The van der Waals surface area contributed by atoms with Crippen LogP contribution in [-0.2, 0) is 14.8 Å². The molecule has 7 nitrogen and oxygen atoms in total. The molecule has 1 heterocycles. The maximum Gasteiger partial charge on any atom is 0.339 e. The molecule has 0 aliphatic heterocycles. The second kappa shape index (κ2) is 8.88. The van der Waals surface area contributed by atoms with Crippen LogP contribution in [0, 0.1) is 33.6 Å². The average molecular weight is 458 g/mol. The van der Waals surface area contributed by atoms with E-state index in [4.69, 9.17) is 9.15 Å². The predicted molar refractivity (Wildman–Crippen MR) is 122 cm³/mol. The summed E-state index contributed by atoms with van der Waals surface area (Å²) in [5.74, 6) is -0.912. The minimum absolute atomic E-state index is 0.0658. The molecule has 0 saturated carbocycles. The number of hydrogen-bond acceptors (Lipinski definition) is 6. The Hall–Kier alpha value is -2.97. The number of hydrogen-bond donors (Lipinski definition) is 1. The van der Waals surface area contributed by atoms with E-state index in [0.29, 0.717) is 16.7 Å². The van der Waals surface area contributed by atoms with Gasteiger partial charge in [-0.2, -0.15) is 4.72 Å². The molecule has 0 aliphatic rings. The number of carbonyl (C=O) groups is 1. The Bertz CT molecular complexity index is 1340. The topological polar surface area (TPSA) is 103 Å². The van der Waals surface area contributed by atoms with Gasteiger partial charge in [0.15, 0.2) is 0 Å². The Balaban J connectivity index is 1.92. The first-order chi connectivity index (χ1) is 14.9. The van der Waals surface area contributed by atoms with Crippen molar-refractivity contribution in [2.75, 3.05) is 0 Å². The van der Waals surface area contributed by atoms with Gasteiger partial charge < -0.3 is 9.15 Å². The number of sulfonamides is 1. The van der Waals surface area contributed by atoms with Crippen molar-refractivity contribution in [3.8, 4) is 5.75 Å². The Labute approximate surface area is 187 Å². The molecule has 0 aliphatic carbocycles. The van der Waals surface area contributed by atoms with E-state index in [0.717, 1.165) is 16.5 Å². The summed E-state index contributed by atoms with van der Waals surface area (Å²) in [6.45, 7) is 10.5. The van der Waals surface area contributed by atoms with Crippen LogP contribution in [0.25, 0.3) is 11.0 Å². The fourth-order valence-corrected chi connectivity index (χ4v) is 4.65. The Kier molecular flexibility index (Phi) is 6.57. The minimum Gasteiger partial charge on any atom is -0.425 e. The van der Waals surface area contributed by atoms with E-state index in [1.165, 1.54) is 12.1 Å². The second-order valence-electron chi connectivity index (χ2n) is 8.28. The first kappa shape index (κ1) is 23.7. The maximum absolute atomic E-state index is 13.0. The lowest BCUT2D eigenvalue weighted by atomic mass is 10.0. The Morgan fingerprint density at radius 3 is 2.16 bits per heavy atom. The van der Waals surface area contributed by atoms with E-state index >= 15 is 0 Å². The third-order valence-corrected chi connectivity index (χ3v) is 7.03. The van der Waals surface area contributed by atoms with E-state index in [-0.39, 0.29) is 16.6 Å². The fourth-order valence-electron chi connectivity index (χ4n) is 3.32. The van der Waals surface area contributed by atoms with Gasteiger partial charge in [0.1, 0.15) is 17.4 Å². The van der Waals surface area contributed by atoms with Crippen molar-refractivity contribution in [1.82, 2.24) is 4.72 Å². The molecule has 170 valence electrons. The molecule has 0 radical (unpaired) electrons. The fraction of sp³-hybridized carbons (Fsp3) is 0.333. The standard InChI is InChI=1S/C24H27NO6S/c1-13(2)21(25-32(28,29)18-9-7-14(3)8-10-18)24(27)30-20-12-11-19-15(4)16(5)23(26)31-22(19)17(20)6/h7-13,21,25H,1-6H3/t21-/m1/s1. The third kappa shape index (κ3) is 4.61. The highest BCUT2D eigenvalue weighted by Crippen LogP contribution is 2.29. The number of fused-ring (bicyclic) bond motifs is 1. The molecule has 1 aromatic heterocycles. The number of esters is 1. The highest BCUT2D eigenvalue weighted by Gasteiger charge is 2.30. The van der Waals surface area contributed by atoms with Crippen molar-refractivity contribution in [3.63, 3.8) is 0 Å². The number of nitrogens with one attached hydrogen (secondary N) is 1. The Morgan fingerprint density at radius 1 is 0.938 bits per heavy atom. The molecular weight excluding hydrogens is 430 g/mol. The van der Waals surface area contributed by atoms with Crippen LogP contribution in [0.2, 0.25) is 0 Å². The van der Waals surface area contributed by atoms with Gasteiger partial charge >= 0.3 is 11.6 Å². The van der Waals surface area contributed by atoms with Crippen molar-refractivity contribution >= 4 is 27.0 Å². The van der Waals surface area contributed by atoms with Crippen LogP contribution in [0.4, 0.5) is 0 Å². The molecule has 0 amide bonds. The number of rotatable bonds is 6. The molecule has 8 heteroatoms. The lowest BCUT2D eigenvalue weighted by Crippen LogP contribution is -2.46. The van der Waals surface area contributed by atoms with Crippen LogP contribution in [-0.4, -0.2) is 20.4 Å². The van der Waals surface area contributed by atoms with Gasteiger partial charge in [-0.1, -0.05) is 31.5 Å². The van der Waals surface area contributed by atoms with E-state index in [1.54, 1.807) is 52.0 Å². The highest BCUT2D eigenvalue weighted by molar-refractivity contribution is 7.89. The van der Waals surface area contributed by atoms with E-state index in [1.807, 2.05) is 13.8 Å². The zero-order chi connectivity index (χ0) is 23.8. The molecule has 3 rings (SSSR count). The van der Waals surface area contributed by atoms with Gasteiger partial charge in [-0.25, -0.2) is 18.0 Å². The maximum atomic E-state index is 13.0. The van der Waals surface area contributed by atoms with Crippen molar-refractivity contribution in [2.45, 2.75) is 52.5 Å². The first-order valence-electron chi connectivity index (χ1n) is 10.3. The molecule has 0 spiro atoms. The van der Waals surface area contributed by atoms with Gasteiger partial charge in [-0.3, -0.25) is 0 Å². The third-order valence-electron chi connectivity index (χ3n) is 5.57. The zero-order valence-electron chi connectivity index (χ0n) is 19.0. The van der Waals surface area contributed by atoms with Gasteiger partial charge in [0.05, 0.1) is 4.90 Å². The predicted octanol–water partition coefficient (Wildman–Crippen LogP) is 3.94. The summed E-state index contributed by atoms with van der Waals surface area (Å²) in [7, 11) is -3.93. The summed E-state index contributed by atoms with van der Waals surface area (Å²) < 4.78 is 39.0. The summed E-state index contributed by atoms with van der Waals surface area (Å²) in [6.07, 6.45) is 0. The molecule has 1 N–H and O–H groups in total. The molecule has 1 atom stereocenters. The van der Waals surface area contributed by atoms with Gasteiger partial charge in [0.2, 0.25) is 10.0 Å². The summed E-state index contributed by atoms with van der Waals surface area (Å²) in [4.78, 5) is 25.1.